The van der Waals surface area contributed by atoms with Crippen molar-refractivity contribution in [2.24, 2.45) is 5.73 Å². The van der Waals surface area contributed by atoms with Gasteiger partial charge in [-0.15, -0.1) is 11.3 Å². The lowest BCUT2D eigenvalue weighted by atomic mass is 10.4. The third kappa shape index (κ3) is 4.38. The molecule has 0 bridgehead atoms. The van der Waals surface area contributed by atoms with E-state index in [1.165, 1.54) is 11.3 Å². The van der Waals surface area contributed by atoms with Crippen LogP contribution in [0.3, 0.4) is 0 Å². The second kappa shape index (κ2) is 5.51. The van der Waals surface area contributed by atoms with E-state index in [9.17, 15) is 13.2 Å². The zero-order chi connectivity index (χ0) is 12.2. The normalized spacial score (nSPS) is 11.2. The lowest BCUT2D eigenvalue weighted by Crippen LogP contribution is -2.21. The van der Waals surface area contributed by atoms with Crippen molar-refractivity contribution in [3.8, 4) is 0 Å². The first-order chi connectivity index (χ1) is 7.41. The summed E-state index contributed by atoms with van der Waals surface area (Å²) >= 11 is 5.82. The van der Waals surface area contributed by atoms with Gasteiger partial charge in [-0.05, 0) is 11.4 Å². The largest absolute Gasteiger partial charge is 0.393 e. The molecule has 1 rings (SSSR count). The van der Waals surface area contributed by atoms with Crippen LogP contribution in [0.2, 0.25) is 0 Å². The molecule has 1 heterocycles. The molecule has 2 N–H and O–H groups in total. The molecule has 0 saturated heterocycles. The molecule has 0 fully saturated rings. The Morgan fingerprint density at radius 2 is 2.19 bits per heavy atom. The molecule has 0 spiro atoms. The Hall–Kier alpha value is -0.790. The fraction of sp³-hybridized carbons (Fsp3) is 0.333. The molecular formula is C9H11NO3S3. The van der Waals surface area contributed by atoms with Crippen molar-refractivity contribution in [3.63, 3.8) is 0 Å². The van der Waals surface area contributed by atoms with E-state index in [1.54, 1.807) is 17.5 Å². The molecule has 0 atom stereocenters. The number of hydrogen-bond acceptors (Lipinski definition) is 5. The number of rotatable bonds is 6. The summed E-state index contributed by atoms with van der Waals surface area (Å²) in [7, 11) is -3.41. The molecule has 7 heteroatoms. The van der Waals surface area contributed by atoms with Crippen molar-refractivity contribution in [3.05, 3.63) is 22.4 Å². The number of carbonyl (C=O) groups is 1. The van der Waals surface area contributed by atoms with Crippen LogP contribution in [0.5, 0.6) is 0 Å². The second-order valence-corrected chi connectivity index (χ2v) is 6.86. The van der Waals surface area contributed by atoms with Crippen LogP contribution in [0, 0.1) is 0 Å². The van der Waals surface area contributed by atoms with Gasteiger partial charge in [-0.25, -0.2) is 8.42 Å². The molecule has 88 valence electrons. The quantitative estimate of drug-likeness (QED) is 0.620. The zero-order valence-electron chi connectivity index (χ0n) is 8.38. The average Bonchev–Trinajstić information content (AvgIpc) is 2.67. The van der Waals surface area contributed by atoms with Crippen LogP contribution >= 0.6 is 23.6 Å². The second-order valence-electron chi connectivity index (χ2n) is 3.21. The highest BCUT2D eigenvalue weighted by atomic mass is 32.2. The highest BCUT2D eigenvalue weighted by molar-refractivity contribution is 7.92. The lowest BCUT2D eigenvalue weighted by Gasteiger charge is -2.01. The van der Waals surface area contributed by atoms with Crippen molar-refractivity contribution in [1.29, 1.82) is 0 Å². The summed E-state index contributed by atoms with van der Waals surface area (Å²) in [6.07, 6.45) is 0.120. The predicted octanol–water partition coefficient (Wildman–Crippen LogP) is 1.02. The number of sulfone groups is 1. The Morgan fingerprint density at radius 1 is 1.50 bits per heavy atom. The standard InChI is InChI=1S/C9H11NO3S3/c10-9(14)3-5-16(12,13)6-7(11)8-2-1-4-15-8/h1-2,4H,3,5-6H2,(H2,10,14). The molecular weight excluding hydrogens is 266 g/mol. The molecule has 0 aliphatic heterocycles. The van der Waals surface area contributed by atoms with Gasteiger partial charge in [0.2, 0.25) is 0 Å². The fourth-order valence-corrected chi connectivity index (χ4v) is 3.25. The summed E-state index contributed by atoms with van der Waals surface area (Å²) < 4.78 is 23.0. The van der Waals surface area contributed by atoms with Crippen molar-refractivity contribution in [2.75, 3.05) is 11.5 Å². The SMILES string of the molecule is NC(=S)CCS(=O)(=O)CC(=O)c1cccs1. The Bertz CT molecular complexity index is 476. The Balaban J connectivity index is 2.60. The fourth-order valence-electron chi connectivity index (χ4n) is 1.04. The maximum absolute atomic E-state index is 11.5. The van der Waals surface area contributed by atoms with Crippen LogP contribution in [-0.4, -0.2) is 30.7 Å². The molecule has 0 amide bonds. The van der Waals surface area contributed by atoms with E-state index in [-0.39, 0.29) is 22.9 Å². The Labute approximate surface area is 103 Å². The van der Waals surface area contributed by atoms with Gasteiger partial charge in [-0.2, -0.15) is 0 Å². The summed E-state index contributed by atoms with van der Waals surface area (Å²) in [5.41, 5.74) is 5.21. The van der Waals surface area contributed by atoms with Gasteiger partial charge in [0.15, 0.2) is 15.6 Å². The van der Waals surface area contributed by atoms with Crippen LogP contribution in [0.4, 0.5) is 0 Å². The molecule has 1 aromatic rings. The van der Waals surface area contributed by atoms with Gasteiger partial charge in [-0.1, -0.05) is 18.3 Å². The van der Waals surface area contributed by atoms with Crippen molar-refractivity contribution in [2.45, 2.75) is 6.42 Å². The predicted molar refractivity (Wildman–Crippen MR) is 68.7 cm³/mol. The molecule has 0 unspecified atom stereocenters. The van der Waals surface area contributed by atoms with Gasteiger partial charge in [0.1, 0.15) is 5.75 Å². The van der Waals surface area contributed by atoms with Crippen molar-refractivity contribution >= 4 is 44.2 Å². The number of nitrogens with two attached hydrogens (primary N) is 1. The molecule has 1 aromatic heterocycles. The maximum Gasteiger partial charge on any atom is 0.187 e. The van der Waals surface area contributed by atoms with Gasteiger partial charge < -0.3 is 5.73 Å². The summed E-state index contributed by atoms with van der Waals surface area (Å²) in [6.45, 7) is 0. The number of ketones is 1. The van der Waals surface area contributed by atoms with Gasteiger partial charge in [0.05, 0.1) is 15.6 Å². The van der Waals surface area contributed by atoms with Gasteiger partial charge in [0, 0.05) is 6.42 Å². The van der Waals surface area contributed by atoms with Crippen LogP contribution in [0.1, 0.15) is 16.1 Å². The molecule has 16 heavy (non-hydrogen) atoms. The van der Waals surface area contributed by atoms with E-state index < -0.39 is 15.6 Å². The van der Waals surface area contributed by atoms with Crippen molar-refractivity contribution < 1.29 is 13.2 Å². The minimum atomic E-state index is -3.41. The van der Waals surface area contributed by atoms with E-state index in [2.05, 4.69) is 12.2 Å². The van der Waals surface area contributed by atoms with Gasteiger partial charge in [0.25, 0.3) is 0 Å². The third-order valence-electron chi connectivity index (χ3n) is 1.81. The van der Waals surface area contributed by atoms with Crippen LogP contribution in [0.15, 0.2) is 17.5 Å². The first-order valence-corrected chi connectivity index (χ1v) is 7.57. The van der Waals surface area contributed by atoms with E-state index >= 15 is 0 Å². The van der Waals surface area contributed by atoms with Crippen LogP contribution in [-0.2, 0) is 9.84 Å². The van der Waals surface area contributed by atoms with Crippen LogP contribution < -0.4 is 5.73 Å². The highest BCUT2D eigenvalue weighted by Crippen LogP contribution is 2.11. The van der Waals surface area contributed by atoms with E-state index in [1.807, 2.05) is 0 Å². The summed E-state index contributed by atoms with van der Waals surface area (Å²) in [5.74, 6) is -1.02. The minimum absolute atomic E-state index is 0.120. The molecule has 0 aromatic carbocycles. The zero-order valence-corrected chi connectivity index (χ0v) is 10.8. The number of thiophene rings is 1. The topological polar surface area (TPSA) is 77.2 Å². The monoisotopic (exact) mass is 277 g/mol. The van der Waals surface area contributed by atoms with Crippen LogP contribution in [0.25, 0.3) is 0 Å². The molecule has 0 radical (unpaired) electrons. The molecule has 0 saturated carbocycles. The van der Waals surface area contributed by atoms with Gasteiger partial charge >= 0.3 is 0 Å². The number of thiocarbonyl (C=S) groups is 1. The number of carbonyl (C=O) groups excluding carboxylic acids is 1. The summed E-state index contributed by atoms with van der Waals surface area (Å²) in [4.78, 5) is 12.1. The lowest BCUT2D eigenvalue weighted by molar-refractivity contribution is 0.102. The summed E-state index contributed by atoms with van der Waals surface area (Å²) in [6, 6.07) is 3.32. The van der Waals surface area contributed by atoms with Gasteiger partial charge in [-0.3, -0.25) is 4.79 Å². The Morgan fingerprint density at radius 3 is 2.69 bits per heavy atom. The van der Waals surface area contributed by atoms with E-state index in [0.29, 0.717) is 4.88 Å². The minimum Gasteiger partial charge on any atom is -0.393 e. The first-order valence-electron chi connectivity index (χ1n) is 4.46. The smallest absolute Gasteiger partial charge is 0.187 e. The summed E-state index contributed by atoms with van der Waals surface area (Å²) in [5, 5.41) is 1.73. The maximum atomic E-state index is 11.5. The highest BCUT2D eigenvalue weighted by Gasteiger charge is 2.18. The number of hydrogen-bond donors (Lipinski definition) is 1. The number of Topliss-reactive ketones (excluding diaryl/α,β-unsaturated/α-hetero) is 1. The van der Waals surface area contributed by atoms with E-state index in [0.717, 1.165) is 0 Å². The Kier molecular flexibility index (Phi) is 4.57. The average molecular weight is 277 g/mol. The molecule has 0 aliphatic carbocycles. The van der Waals surface area contributed by atoms with E-state index in [4.69, 9.17) is 5.73 Å². The van der Waals surface area contributed by atoms with Crippen molar-refractivity contribution in [1.82, 2.24) is 0 Å². The molecule has 0 aliphatic rings. The molecule has 4 nitrogen and oxygen atoms in total. The first kappa shape index (κ1) is 13.3. The third-order valence-corrected chi connectivity index (χ3v) is 4.45.